The van der Waals surface area contributed by atoms with Gasteiger partial charge < -0.3 is 20.1 Å². The SMILES string of the molecule is CC(C#N)CC(=O)NCCCCCN(CCCCCOC(=O)CC(C)C#N)CCN(CCO)C1CCCCCC1. The van der Waals surface area contributed by atoms with E-state index in [0.29, 0.717) is 19.2 Å². The molecule has 1 saturated carbocycles. The van der Waals surface area contributed by atoms with Gasteiger partial charge in [-0.3, -0.25) is 14.5 Å². The zero-order chi connectivity index (χ0) is 29.4. The van der Waals surface area contributed by atoms with Crippen LogP contribution in [0, 0.1) is 34.5 Å². The van der Waals surface area contributed by atoms with Crippen LogP contribution in [0.2, 0.25) is 0 Å². The Morgan fingerprint density at radius 2 is 1.48 bits per heavy atom. The van der Waals surface area contributed by atoms with E-state index in [1.807, 2.05) is 0 Å². The van der Waals surface area contributed by atoms with Crippen molar-refractivity contribution in [3.8, 4) is 12.1 Å². The van der Waals surface area contributed by atoms with Crippen LogP contribution in [0.15, 0.2) is 0 Å². The van der Waals surface area contributed by atoms with E-state index in [4.69, 9.17) is 15.3 Å². The van der Waals surface area contributed by atoms with Crippen LogP contribution in [-0.2, 0) is 14.3 Å². The molecule has 0 aliphatic heterocycles. The number of rotatable bonds is 22. The fraction of sp³-hybridized carbons (Fsp3) is 0.871. The largest absolute Gasteiger partial charge is 0.466 e. The zero-order valence-corrected chi connectivity index (χ0v) is 25.2. The first kappa shape index (κ1) is 35.8. The number of esters is 1. The number of aliphatic hydroxyl groups excluding tert-OH is 1. The maximum atomic E-state index is 11.9. The first-order valence-corrected chi connectivity index (χ1v) is 15.7. The van der Waals surface area contributed by atoms with E-state index < -0.39 is 0 Å². The van der Waals surface area contributed by atoms with E-state index in [2.05, 4.69) is 27.3 Å². The summed E-state index contributed by atoms with van der Waals surface area (Å²) < 4.78 is 5.27. The molecule has 0 bridgehead atoms. The van der Waals surface area contributed by atoms with Crippen molar-refractivity contribution in [3.05, 3.63) is 0 Å². The predicted octanol–water partition coefficient (Wildman–Crippen LogP) is 4.41. The lowest BCUT2D eigenvalue weighted by Gasteiger charge is -2.33. The Balaban J connectivity index is 2.45. The third-order valence-corrected chi connectivity index (χ3v) is 7.69. The summed E-state index contributed by atoms with van der Waals surface area (Å²) in [4.78, 5) is 28.6. The van der Waals surface area contributed by atoms with Gasteiger partial charge in [-0.15, -0.1) is 0 Å². The highest BCUT2D eigenvalue weighted by Gasteiger charge is 2.20. The van der Waals surface area contributed by atoms with Gasteiger partial charge >= 0.3 is 5.97 Å². The molecule has 0 radical (unpaired) electrons. The monoisotopic (exact) mass is 561 g/mol. The van der Waals surface area contributed by atoms with Crippen LogP contribution >= 0.6 is 0 Å². The van der Waals surface area contributed by atoms with Gasteiger partial charge in [0.1, 0.15) is 0 Å². The Labute approximate surface area is 243 Å². The van der Waals surface area contributed by atoms with Crippen molar-refractivity contribution in [2.24, 2.45) is 11.8 Å². The molecule has 1 aliphatic rings. The van der Waals surface area contributed by atoms with Crippen LogP contribution in [0.25, 0.3) is 0 Å². The molecule has 1 aliphatic carbocycles. The molecule has 0 spiro atoms. The smallest absolute Gasteiger partial charge is 0.307 e. The first-order chi connectivity index (χ1) is 19.4. The fourth-order valence-corrected chi connectivity index (χ4v) is 5.25. The van der Waals surface area contributed by atoms with E-state index in [1.54, 1.807) is 13.8 Å². The Morgan fingerprint density at radius 3 is 2.10 bits per heavy atom. The van der Waals surface area contributed by atoms with Crippen molar-refractivity contribution in [3.63, 3.8) is 0 Å². The number of nitrogens with zero attached hydrogens (tertiary/aromatic N) is 4. The molecule has 0 aromatic rings. The van der Waals surface area contributed by atoms with Crippen molar-refractivity contribution in [1.82, 2.24) is 15.1 Å². The van der Waals surface area contributed by atoms with Gasteiger partial charge in [-0.25, -0.2) is 0 Å². The number of aliphatic hydroxyl groups is 1. The van der Waals surface area contributed by atoms with Gasteiger partial charge in [0, 0.05) is 38.6 Å². The average molecular weight is 562 g/mol. The molecular weight excluding hydrogens is 506 g/mol. The van der Waals surface area contributed by atoms with Crippen LogP contribution in [0.4, 0.5) is 0 Å². The molecule has 1 fully saturated rings. The zero-order valence-electron chi connectivity index (χ0n) is 25.2. The molecule has 40 heavy (non-hydrogen) atoms. The van der Waals surface area contributed by atoms with Gasteiger partial charge in [-0.05, 0) is 71.9 Å². The molecular formula is C31H55N5O4. The van der Waals surface area contributed by atoms with Crippen molar-refractivity contribution >= 4 is 11.9 Å². The van der Waals surface area contributed by atoms with Gasteiger partial charge in [0.25, 0.3) is 0 Å². The summed E-state index contributed by atoms with van der Waals surface area (Å²) in [5, 5.41) is 30.3. The summed E-state index contributed by atoms with van der Waals surface area (Å²) in [5.74, 6) is -0.915. The number of hydrogen-bond acceptors (Lipinski definition) is 8. The molecule has 1 amide bonds. The van der Waals surface area contributed by atoms with E-state index in [9.17, 15) is 14.7 Å². The second-order valence-electron chi connectivity index (χ2n) is 11.4. The summed E-state index contributed by atoms with van der Waals surface area (Å²) in [6.45, 7) is 9.39. The summed E-state index contributed by atoms with van der Waals surface area (Å²) in [6.07, 6.45) is 13.9. The van der Waals surface area contributed by atoms with Gasteiger partial charge in [-0.2, -0.15) is 10.5 Å². The Morgan fingerprint density at radius 1 is 0.850 bits per heavy atom. The number of hydrogen-bond donors (Lipinski definition) is 2. The fourth-order valence-electron chi connectivity index (χ4n) is 5.25. The number of amides is 1. The van der Waals surface area contributed by atoms with Crippen LogP contribution < -0.4 is 5.32 Å². The van der Waals surface area contributed by atoms with E-state index in [1.165, 1.54) is 38.5 Å². The molecule has 1 rings (SSSR count). The molecule has 2 N–H and O–H groups in total. The molecule has 9 nitrogen and oxygen atoms in total. The van der Waals surface area contributed by atoms with Crippen molar-refractivity contribution in [2.75, 3.05) is 52.5 Å². The number of nitrogens with one attached hydrogen (secondary N) is 1. The molecule has 2 unspecified atom stereocenters. The van der Waals surface area contributed by atoms with Crippen molar-refractivity contribution in [1.29, 1.82) is 10.5 Å². The first-order valence-electron chi connectivity index (χ1n) is 15.7. The van der Waals surface area contributed by atoms with E-state index in [0.717, 1.165) is 71.2 Å². The lowest BCUT2D eigenvalue weighted by molar-refractivity contribution is -0.144. The Bertz CT molecular complexity index is 712. The number of nitriles is 2. The van der Waals surface area contributed by atoms with E-state index in [-0.39, 0.29) is 43.2 Å². The molecule has 9 heteroatoms. The Hall–Kier alpha value is -2.20. The van der Waals surface area contributed by atoms with Gasteiger partial charge in [-0.1, -0.05) is 32.1 Å². The second kappa shape index (κ2) is 23.5. The van der Waals surface area contributed by atoms with Crippen LogP contribution in [0.5, 0.6) is 0 Å². The van der Waals surface area contributed by atoms with Gasteiger partial charge in [0.15, 0.2) is 0 Å². The van der Waals surface area contributed by atoms with Crippen molar-refractivity contribution < 1.29 is 19.4 Å². The highest BCUT2D eigenvalue weighted by molar-refractivity contribution is 5.76. The Kier molecular flexibility index (Phi) is 21.0. The van der Waals surface area contributed by atoms with Crippen LogP contribution in [0.1, 0.15) is 104 Å². The van der Waals surface area contributed by atoms with Crippen LogP contribution in [-0.4, -0.2) is 85.3 Å². The quantitative estimate of drug-likeness (QED) is 0.113. The third kappa shape index (κ3) is 18.2. The summed E-state index contributed by atoms with van der Waals surface area (Å²) in [6, 6.07) is 4.73. The standard InChI is InChI=1S/C31H55N5O4/c1-27(25-32)23-30(38)34-15-9-5-10-16-35(17-11-6-12-22-40-31(39)24-28(2)26-33)18-19-36(20-21-37)29-13-7-3-4-8-14-29/h27-29,37H,3-24H2,1-2H3,(H,34,38). The minimum absolute atomic E-state index is 0.0524. The second-order valence-corrected chi connectivity index (χ2v) is 11.4. The highest BCUT2D eigenvalue weighted by atomic mass is 16.5. The predicted molar refractivity (Wildman–Crippen MR) is 157 cm³/mol. The summed E-state index contributed by atoms with van der Waals surface area (Å²) in [5.41, 5.74) is 0. The third-order valence-electron chi connectivity index (χ3n) is 7.69. The maximum absolute atomic E-state index is 11.9. The maximum Gasteiger partial charge on any atom is 0.307 e. The number of carbonyl (C=O) groups excluding carboxylic acids is 2. The number of carbonyl (C=O) groups is 2. The topological polar surface area (TPSA) is 130 Å². The molecule has 0 saturated heterocycles. The van der Waals surface area contributed by atoms with Gasteiger partial charge in [0.05, 0.1) is 43.6 Å². The minimum Gasteiger partial charge on any atom is -0.466 e. The summed E-state index contributed by atoms with van der Waals surface area (Å²) >= 11 is 0. The molecule has 2 atom stereocenters. The molecule has 0 aromatic heterocycles. The van der Waals surface area contributed by atoms with Gasteiger partial charge in [0.2, 0.25) is 5.91 Å². The molecule has 0 heterocycles. The minimum atomic E-state index is -0.312. The highest BCUT2D eigenvalue weighted by Crippen LogP contribution is 2.22. The van der Waals surface area contributed by atoms with Crippen molar-refractivity contribution in [2.45, 2.75) is 110 Å². The summed E-state index contributed by atoms with van der Waals surface area (Å²) in [7, 11) is 0. The van der Waals surface area contributed by atoms with Crippen LogP contribution in [0.3, 0.4) is 0 Å². The van der Waals surface area contributed by atoms with E-state index >= 15 is 0 Å². The lowest BCUT2D eigenvalue weighted by atomic mass is 10.1. The number of ether oxygens (including phenoxy) is 1. The molecule has 228 valence electrons. The normalized spacial score (nSPS) is 15.7. The average Bonchev–Trinajstić information content (AvgIpc) is 3.23. The number of unbranched alkanes of at least 4 members (excludes halogenated alkanes) is 4. The molecule has 0 aromatic carbocycles. The lowest BCUT2D eigenvalue weighted by Crippen LogP contribution is -2.43.